The third-order valence-corrected chi connectivity index (χ3v) is 5.75. The van der Waals surface area contributed by atoms with Gasteiger partial charge in [-0.3, -0.25) is 9.69 Å². The highest BCUT2D eigenvalue weighted by atomic mass is 16.5. The second kappa shape index (κ2) is 7.61. The van der Waals surface area contributed by atoms with Gasteiger partial charge in [-0.1, -0.05) is 17.3 Å². The van der Waals surface area contributed by atoms with Crippen molar-refractivity contribution < 1.29 is 14.1 Å². The number of benzene rings is 2. The number of hydrogen-bond acceptors (Lipinski definition) is 5. The molecular weight excluding hydrogens is 366 g/mol. The van der Waals surface area contributed by atoms with Crippen molar-refractivity contribution in [3.8, 4) is 11.1 Å². The zero-order valence-corrected chi connectivity index (χ0v) is 16.6. The van der Waals surface area contributed by atoms with Gasteiger partial charge >= 0.3 is 0 Å². The van der Waals surface area contributed by atoms with Crippen LogP contribution >= 0.6 is 0 Å². The van der Waals surface area contributed by atoms with E-state index in [4.69, 9.17) is 9.26 Å². The van der Waals surface area contributed by atoms with Crippen molar-refractivity contribution in [3.63, 3.8) is 0 Å². The Morgan fingerprint density at radius 1 is 1.17 bits per heavy atom. The number of ether oxygens (including phenoxy) is 1. The largest absolute Gasteiger partial charge is 0.379 e. The summed E-state index contributed by atoms with van der Waals surface area (Å²) in [5, 5.41) is 8.41. The van der Waals surface area contributed by atoms with Gasteiger partial charge in [0, 0.05) is 36.6 Å². The summed E-state index contributed by atoms with van der Waals surface area (Å²) in [6.45, 7) is 6.20. The number of aryl methyl sites for hydroxylation is 1. The Bertz CT molecular complexity index is 1050. The lowest BCUT2D eigenvalue weighted by molar-refractivity contribution is 0.0334. The van der Waals surface area contributed by atoms with E-state index in [0.717, 1.165) is 79.0 Å². The Hall–Kier alpha value is -2.70. The molecule has 1 aliphatic heterocycles. The van der Waals surface area contributed by atoms with E-state index in [-0.39, 0.29) is 5.91 Å². The van der Waals surface area contributed by atoms with Crippen LogP contribution in [0.4, 0.5) is 0 Å². The van der Waals surface area contributed by atoms with E-state index in [2.05, 4.69) is 34.4 Å². The first-order chi connectivity index (χ1) is 14.2. The Balaban J connectivity index is 1.42. The van der Waals surface area contributed by atoms with Gasteiger partial charge in [-0.25, -0.2) is 0 Å². The van der Waals surface area contributed by atoms with Gasteiger partial charge in [0.25, 0.3) is 5.91 Å². The number of nitrogens with one attached hydrogen (secondary N) is 1. The summed E-state index contributed by atoms with van der Waals surface area (Å²) in [6, 6.07) is 12.4. The van der Waals surface area contributed by atoms with Gasteiger partial charge < -0.3 is 14.6 Å². The van der Waals surface area contributed by atoms with E-state index in [1.807, 2.05) is 24.3 Å². The molecular formula is C23H25N3O3. The first-order valence-corrected chi connectivity index (χ1v) is 10.3. The third kappa shape index (κ3) is 3.91. The first kappa shape index (κ1) is 18.3. The number of fused-ring (bicyclic) bond motifs is 1. The minimum absolute atomic E-state index is 0.00212. The van der Waals surface area contributed by atoms with E-state index < -0.39 is 0 Å². The summed E-state index contributed by atoms with van der Waals surface area (Å²) >= 11 is 0. The molecule has 0 unspecified atom stereocenters. The van der Waals surface area contributed by atoms with Crippen LogP contribution in [0.5, 0.6) is 0 Å². The van der Waals surface area contributed by atoms with E-state index in [0.29, 0.717) is 11.6 Å². The molecule has 3 aromatic rings. The molecule has 0 spiro atoms. The van der Waals surface area contributed by atoms with Gasteiger partial charge in [0.15, 0.2) is 5.58 Å². The number of carbonyl (C=O) groups is 1. The maximum atomic E-state index is 12.4. The molecule has 2 heterocycles. The molecule has 1 aliphatic carbocycles. The average molecular weight is 391 g/mol. The fourth-order valence-electron chi connectivity index (χ4n) is 3.81. The number of aromatic nitrogens is 1. The van der Waals surface area contributed by atoms with Gasteiger partial charge in [0.1, 0.15) is 5.69 Å². The number of amides is 1. The zero-order chi connectivity index (χ0) is 19.8. The van der Waals surface area contributed by atoms with Gasteiger partial charge in [0.05, 0.1) is 13.2 Å². The molecule has 1 amide bonds. The molecule has 1 saturated carbocycles. The van der Waals surface area contributed by atoms with Crippen molar-refractivity contribution in [2.45, 2.75) is 32.4 Å². The second-order valence-corrected chi connectivity index (χ2v) is 8.01. The Morgan fingerprint density at radius 2 is 2.00 bits per heavy atom. The number of hydrogen-bond donors (Lipinski definition) is 1. The molecule has 6 nitrogen and oxygen atoms in total. The van der Waals surface area contributed by atoms with Crippen LogP contribution in [0, 0.1) is 6.92 Å². The van der Waals surface area contributed by atoms with Crippen LogP contribution in [0.1, 0.15) is 34.5 Å². The highest BCUT2D eigenvalue weighted by molar-refractivity contribution is 5.96. The van der Waals surface area contributed by atoms with Gasteiger partial charge in [-0.05, 0) is 60.7 Å². The normalized spacial score (nSPS) is 17.6. The van der Waals surface area contributed by atoms with Gasteiger partial charge in [0.2, 0.25) is 0 Å². The van der Waals surface area contributed by atoms with Crippen molar-refractivity contribution in [3.05, 3.63) is 53.2 Å². The first-order valence-electron chi connectivity index (χ1n) is 10.3. The van der Waals surface area contributed by atoms with Crippen molar-refractivity contribution in [2.24, 2.45) is 0 Å². The Labute approximate surface area is 169 Å². The highest BCUT2D eigenvalue weighted by Crippen LogP contribution is 2.30. The Kier molecular flexibility index (Phi) is 4.81. The van der Waals surface area contributed by atoms with Crippen molar-refractivity contribution in [2.75, 3.05) is 26.3 Å². The monoisotopic (exact) mass is 391 g/mol. The van der Waals surface area contributed by atoms with Crippen LogP contribution in [0.3, 0.4) is 0 Å². The Morgan fingerprint density at radius 3 is 2.79 bits per heavy atom. The highest BCUT2D eigenvalue weighted by Gasteiger charge is 2.24. The molecule has 1 aromatic heterocycles. The van der Waals surface area contributed by atoms with Gasteiger partial charge in [-0.15, -0.1) is 0 Å². The van der Waals surface area contributed by atoms with E-state index >= 15 is 0 Å². The second-order valence-electron chi connectivity index (χ2n) is 8.01. The van der Waals surface area contributed by atoms with Crippen molar-refractivity contribution >= 4 is 16.9 Å². The quantitative estimate of drug-likeness (QED) is 0.721. The van der Waals surface area contributed by atoms with E-state index in [1.165, 1.54) is 0 Å². The van der Waals surface area contributed by atoms with Crippen LogP contribution in [-0.2, 0) is 11.3 Å². The molecule has 2 aliphatic rings. The fraction of sp³-hybridized carbons (Fsp3) is 0.391. The standard InChI is InChI=1S/C23H25N3O3/c1-15-2-3-17(23(27)24-18-5-6-18)12-20(15)16-4-7-19-21(25-29-22(19)13-16)14-26-8-10-28-11-9-26/h2-4,7,12-13,18H,5-6,8-11,14H2,1H3,(H,24,27). The lowest BCUT2D eigenvalue weighted by Crippen LogP contribution is -2.35. The lowest BCUT2D eigenvalue weighted by Gasteiger charge is -2.25. The maximum Gasteiger partial charge on any atom is 0.251 e. The molecule has 1 N–H and O–H groups in total. The molecule has 0 radical (unpaired) electrons. The molecule has 6 heteroatoms. The minimum Gasteiger partial charge on any atom is -0.379 e. The fourth-order valence-corrected chi connectivity index (χ4v) is 3.81. The maximum absolute atomic E-state index is 12.4. The van der Waals surface area contributed by atoms with Crippen molar-refractivity contribution in [1.29, 1.82) is 0 Å². The van der Waals surface area contributed by atoms with Crippen LogP contribution < -0.4 is 5.32 Å². The molecule has 0 atom stereocenters. The van der Waals surface area contributed by atoms with Crippen molar-refractivity contribution in [1.82, 2.24) is 15.4 Å². The lowest BCUT2D eigenvalue weighted by atomic mass is 9.97. The van der Waals surface area contributed by atoms with E-state index in [9.17, 15) is 4.79 Å². The number of carbonyl (C=O) groups excluding carboxylic acids is 1. The summed E-state index contributed by atoms with van der Waals surface area (Å²) in [6.07, 6.45) is 2.17. The number of morpholine rings is 1. The van der Waals surface area contributed by atoms with E-state index in [1.54, 1.807) is 0 Å². The molecule has 1 saturated heterocycles. The SMILES string of the molecule is Cc1ccc(C(=O)NC2CC2)cc1-c1ccc2c(CN3CCOCC3)noc2c1. The van der Waals surface area contributed by atoms with Crippen LogP contribution in [0.15, 0.2) is 40.9 Å². The summed E-state index contributed by atoms with van der Waals surface area (Å²) in [7, 11) is 0. The minimum atomic E-state index is 0.00212. The van der Waals surface area contributed by atoms with Gasteiger partial charge in [-0.2, -0.15) is 0 Å². The third-order valence-electron chi connectivity index (χ3n) is 5.75. The van der Waals surface area contributed by atoms with Crippen LogP contribution in [0.25, 0.3) is 22.1 Å². The van der Waals surface area contributed by atoms with Crippen LogP contribution in [0.2, 0.25) is 0 Å². The molecule has 0 bridgehead atoms. The summed E-state index contributed by atoms with van der Waals surface area (Å²) < 4.78 is 11.1. The topological polar surface area (TPSA) is 67.6 Å². The molecule has 2 fully saturated rings. The summed E-state index contributed by atoms with van der Waals surface area (Å²) in [5.41, 5.74) is 5.64. The predicted molar refractivity (Wildman–Crippen MR) is 111 cm³/mol. The number of rotatable bonds is 5. The molecule has 150 valence electrons. The molecule has 29 heavy (non-hydrogen) atoms. The average Bonchev–Trinajstić information content (AvgIpc) is 3.47. The summed E-state index contributed by atoms with van der Waals surface area (Å²) in [5.74, 6) is 0.00212. The van der Waals surface area contributed by atoms with Crippen LogP contribution in [-0.4, -0.2) is 48.3 Å². The molecule has 2 aromatic carbocycles. The number of nitrogens with zero attached hydrogens (tertiary/aromatic N) is 2. The zero-order valence-electron chi connectivity index (χ0n) is 16.6. The molecule has 5 rings (SSSR count). The predicted octanol–water partition coefficient (Wildman–Crippen LogP) is 3.53. The summed E-state index contributed by atoms with van der Waals surface area (Å²) in [4.78, 5) is 14.8. The smallest absolute Gasteiger partial charge is 0.251 e.